The molecule has 0 radical (unpaired) electrons. The van der Waals surface area contributed by atoms with Crippen LogP contribution in [0.3, 0.4) is 0 Å². The predicted octanol–water partition coefficient (Wildman–Crippen LogP) is 18.6. The van der Waals surface area contributed by atoms with Crippen LogP contribution >= 0.6 is 0 Å². The van der Waals surface area contributed by atoms with Crippen molar-refractivity contribution in [3.05, 3.63) is 144 Å². The molecule has 11 heteroatoms. The fourth-order valence-electron chi connectivity index (χ4n) is 13.9. The van der Waals surface area contributed by atoms with E-state index in [0.29, 0.717) is 32.5 Å². The molecule has 0 aliphatic carbocycles. The van der Waals surface area contributed by atoms with E-state index in [2.05, 4.69) is 225 Å². The summed E-state index contributed by atoms with van der Waals surface area (Å²) in [5, 5.41) is 0. The summed E-state index contributed by atoms with van der Waals surface area (Å²) >= 11 is 0. The highest BCUT2D eigenvalue weighted by Gasteiger charge is 2.24. The summed E-state index contributed by atoms with van der Waals surface area (Å²) < 4.78 is 28.0. The average molecular weight is 1250 g/mol. The van der Waals surface area contributed by atoms with E-state index in [0.717, 1.165) is 212 Å². The van der Waals surface area contributed by atoms with E-state index >= 15 is 0 Å². The Morgan fingerprint density at radius 2 is 0.630 bits per heavy atom. The molecule has 3 N–H and O–H groups in total. The molecule has 9 rings (SSSR count). The number of nitrogens with one attached hydrogen (secondary N) is 3. The third kappa shape index (κ3) is 17.6. The highest BCUT2D eigenvalue weighted by atomic mass is 16.5. The van der Waals surface area contributed by atoms with Gasteiger partial charge in [0.15, 0.2) is 0 Å². The van der Waals surface area contributed by atoms with Crippen molar-refractivity contribution >= 4 is 46.4 Å². The Hall–Kier alpha value is -7.44. The molecular formula is C81H110N7O4+3. The Bertz CT molecular complexity index is 3610. The molecule has 0 saturated heterocycles. The minimum absolute atomic E-state index is 0.522. The normalized spacial score (nSPS) is 12.7. The van der Waals surface area contributed by atoms with Crippen molar-refractivity contribution in [3.63, 3.8) is 0 Å². The molecule has 7 aromatic rings. The standard InChI is InChI=1S/C81H109N7O4/c1-11-20-21-22-23-24-25-26-27-57-89-66-38-30-62(31-39-66)78-70-46-47-72(82-70)79(63-32-40-67(41-33-63)90-58-28-55-87(14-4,15-5)16-6)73-48-49-74(83-73)80(64-34-42-68(43-35-64)91-59-29-56-88(17-7,18-8)19-9)75-51-53-77(85-75)81(76-52-50-71(78)84-76)65-36-44-69(45-37-65)92-60-54-61(10)86(12-2)13-3/h30-53,61,83-84H,11-29,54-60H2,1-10H3/q+2/p+1. The Morgan fingerprint density at radius 1 is 0.348 bits per heavy atom. The van der Waals surface area contributed by atoms with Crippen LogP contribution in [-0.4, -0.2) is 127 Å². The third-order valence-electron chi connectivity index (χ3n) is 20.4. The van der Waals surface area contributed by atoms with Gasteiger partial charge < -0.3 is 42.8 Å². The highest BCUT2D eigenvalue weighted by molar-refractivity contribution is 6.00. The first-order chi connectivity index (χ1) is 45.0. The van der Waals surface area contributed by atoms with Gasteiger partial charge in [0, 0.05) is 63.6 Å². The quantitative estimate of drug-likeness (QED) is 0.0263. The largest absolute Gasteiger partial charge is 0.494 e. The second-order valence-electron chi connectivity index (χ2n) is 25.6. The Balaban J connectivity index is 1.16. The molecule has 490 valence electrons. The predicted molar refractivity (Wildman–Crippen MR) is 389 cm³/mol. The molecule has 8 bridgehead atoms. The molecule has 4 aromatic carbocycles. The zero-order valence-corrected chi connectivity index (χ0v) is 57.7. The fraction of sp³-hybridized carbons (Fsp3) is 0.457. The SMILES string of the molecule is CCCCCCCCCCCOc1ccc(-c2c3nc(c(-c4ccc(OCCC[N+](CC)(CC)CC)cc4)c4ccc([nH]4)c(-c4ccc(OCCC[N+](CC)(CC)CC)cc4)c4nc(c(-c5ccc(OCCC(C)[NH+](CC)CC)cc5)c5ccc2[nH]5)C=C4)C=C3)cc1. The number of unbranched alkanes of at least 4 members (excludes halogenated alkanes) is 8. The summed E-state index contributed by atoms with van der Waals surface area (Å²) in [6, 6.07) is 43.7. The van der Waals surface area contributed by atoms with Crippen LogP contribution in [0, 0.1) is 0 Å². The van der Waals surface area contributed by atoms with Crippen molar-refractivity contribution in [2.24, 2.45) is 0 Å². The summed E-state index contributed by atoms with van der Waals surface area (Å²) in [4.78, 5) is 20.8. The maximum absolute atomic E-state index is 6.46. The van der Waals surface area contributed by atoms with Crippen molar-refractivity contribution in [2.45, 2.75) is 152 Å². The number of fused-ring (bicyclic) bond motifs is 8. The lowest BCUT2D eigenvalue weighted by molar-refractivity contribution is -0.923. The molecule has 0 amide bonds. The van der Waals surface area contributed by atoms with Crippen molar-refractivity contribution in [1.82, 2.24) is 19.9 Å². The first kappa shape index (κ1) is 68.9. The van der Waals surface area contributed by atoms with Crippen LogP contribution in [0.2, 0.25) is 0 Å². The maximum atomic E-state index is 6.46. The molecule has 11 nitrogen and oxygen atoms in total. The number of nitrogens with zero attached hydrogens (tertiary/aromatic N) is 4. The highest BCUT2D eigenvalue weighted by Crippen LogP contribution is 2.40. The second-order valence-corrected chi connectivity index (χ2v) is 25.6. The van der Waals surface area contributed by atoms with Gasteiger partial charge >= 0.3 is 0 Å². The monoisotopic (exact) mass is 1240 g/mol. The van der Waals surface area contributed by atoms with Gasteiger partial charge in [-0.1, -0.05) is 107 Å². The summed E-state index contributed by atoms with van der Waals surface area (Å²) in [6.45, 7) is 36.9. The lowest BCUT2D eigenvalue weighted by atomic mass is 10.0. The molecular weight excluding hydrogens is 1130 g/mol. The minimum Gasteiger partial charge on any atom is -0.494 e. The molecule has 2 aliphatic heterocycles. The van der Waals surface area contributed by atoms with Gasteiger partial charge in [-0.2, -0.15) is 0 Å². The van der Waals surface area contributed by atoms with Gasteiger partial charge in [-0.25, -0.2) is 9.97 Å². The summed E-state index contributed by atoms with van der Waals surface area (Å²) in [5.74, 6) is 3.45. The molecule has 5 heterocycles. The van der Waals surface area contributed by atoms with Crippen molar-refractivity contribution in [1.29, 1.82) is 0 Å². The van der Waals surface area contributed by atoms with E-state index in [4.69, 9.17) is 28.9 Å². The van der Waals surface area contributed by atoms with Crippen LogP contribution in [0.5, 0.6) is 23.0 Å². The number of hydrogen-bond acceptors (Lipinski definition) is 6. The number of aromatic nitrogens is 4. The fourth-order valence-corrected chi connectivity index (χ4v) is 13.9. The van der Waals surface area contributed by atoms with Crippen molar-refractivity contribution in [2.75, 3.05) is 91.9 Å². The molecule has 1 unspecified atom stereocenters. The van der Waals surface area contributed by atoms with E-state index in [1.165, 1.54) is 51.4 Å². The van der Waals surface area contributed by atoms with Crippen molar-refractivity contribution < 1.29 is 32.8 Å². The first-order valence-corrected chi connectivity index (χ1v) is 35.7. The van der Waals surface area contributed by atoms with E-state index in [9.17, 15) is 0 Å². The summed E-state index contributed by atoms with van der Waals surface area (Å²) in [7, 11) is 0. The molecule has 92 heavy (non-hydrogen) atoms. The summed E-state index contributed by atoms with van der Waals surface area (Å²) in [5.41, 5.74) is 15.3. The van der Waals surface area contributed by atoms with E-state index in [1.54, 1.807) is 4.90 Å². The number of benzene rings is 4. The first-order valence-electron chi connectivity index (χ1n) is 35.7. The Morgan fingerprint density at radius 3 is 0.924 bits per heavy atom. The molecule has 1 atom stereocenters. The number of aromatic amines is 2. The number of rotatable bonds is 38. The van der Waals surface area contributed by atoms with Crippen LogP contribution < -0.4 is 23.8 Å². The van der Waals surface area contributed by atoms with E-state index in [-0.39, 0.29) is 0 Å². The third-order valence-corrected chi connectivity index (χ3v) is 20.4. The molecule has 3 aromatic heterocycles. The van der Waals surface area contributed by atoms with Gasteiger partial charge in [-0.3, -0.25) is 0 Å². The van der Waals surface area contributed by atoms with Crippen molar-refractivity contribution in [3.8, 4) is 67.5 Å². The number of hydrogen-bond donors (Lipinski definition) is 3. The van der Waals surface area contributed by atoms with E-state index < -0.39 is 0 Å². The lowest BCUT2D eigenvalue weighted by Gasteiger charge is -2.35. The molecule has 2 aliphatic rings. The van der Waals surface area contributed by atoms with Crippen LogP contribution in [-0.2, 0) is 0 Å². The number of ether oxygens (including phenoxy) is 4. The zero-order valence-electron chi connectivity index (χ0n) is 57.7. The maximum Gasteiger partial charge on any atom is 0.119 e. The lowest BCUT2D eigenvalue weighted by Crippen LogP contribution is -3.14. The Kier molecular flexibility index (Phi) is 25.8. The van der Waals surface area contributed by atoms with Gasteiger partial charge in [0.05, 0.1) is 121 Å². The van der Waals surface area contributed by atoms with Crippen LogP contribution in [0.1, 0.15) is 169 Å². The smallest absolute Gasteiger partial charge is 0.119 e. The van der Waals surface area contributed by atoms with Gasteiger partial charge in [0.2, 0.25) is 0 Å². The van der Waals surface area contributed by atoms with Crippen LogP contribution in [0.25, 0.3) is 90.9 Å². The van der Waals surface area contributed by atoms with Gasteiger partial charge in [-0.05, 0) is 188 Å². The zero-order chi connectivity index (χ0) is 64.7. The van der Waals surface area contributed by atoms with Crippen LogP contribution in [0.4, 0.5) is 0 Å². The van der Waals surface area contributed by atoms with Gasteiger partial charge in [-0.15, -0.1) is 0 Å². The molecule has 0 spiro atoms. The molecule has 0 saturated carbocycles. The average Bonchev–Trinajstić information content (AvgIpc) is 1.65. The number of quaternary nitrogens is 3. The number of H-pyrrole nitrogens is 2. The topological polar surface area (TPSA) is 98.7 Å². The Labute approximate surface area is 552 Å². The second kappa shape index (κ2) is 34.5. The van der Waals surface area contributed by atoms with Gasteiger partial charge in [0.1, 0.15) is 23.0 Å². The summed E-state index contributed by atoms with van der Waals surface area (Å²) in [6.07, 6.45) is 23.2. The minimum atomic E-state index is 0.522. The van der Waals surface area contributed by atoms with Gasteiger partial charge in [0.25, 0.3) is 0 Å². The van der Waals surface area contributed by atoms with E-state index in [1.807, 2.05) is 0 Å². The molecule has 0 fully saturated rings. The van der Waals surface area contributed by atoms with Crippen LogP contribution in [0.15, 0.2) is 121 Å².